The number of benzene rings is 2. The summed E-state index contributed by atoms with van der Waals surface area (Å²) in [5, 5.41) is 7.37. The summed E-state index contributed by atoms with van der Waals surface area (Å²) < 4.78 is 0. The highest BCUT2D eigenvalue weighted by atomic mass is 14.9. The van der Waals surface area contributed by atoms with E-state index in [1.807, 2.05) is 0 Å². The van der Waals surface area contributed by atoms with Gasteiger partial charge in [-0.15, -0.1) is 0 Å². The lowest BCUT2D eigenvalue weighted by atomic mass is 10.0. The number of nitrogens with one attached hydrogen (secondary N) is 2. The van der Waals surface area contributed by atoms with Crippen molar-refractivity contribution < 1.29 is 0 Å². The summed E-state index contributed by atoms with van der Waals surface area (Å²) in [5.41, 5.74) is 8.43. The van der Waals surface area contributed by atoms with Gasteiger partial charge in [0.05, 0.1) is 0 Å². The fraction of sp³-hybridized carbons (Fsp3) is 0.478. The first-order valence-electron chi connectivity index (χ1n) is 9.94. The van der Waals surface area contributed by atoms with E-state index in [1.165, 1.54) is 33.6 Å². The van der Waals surface area contributed by atoms with Gasteiger partial charge in [0.25, 0.3) is 0 Å². The van der Waals surface area contributed by atoms with Crippen LogP contribution in [0.25, 0.3) is 0 Å². The summed E-state index contributed by atoms with van der Waals surface area (Å²) in [6, 6.07) is 13.3. The molecule has 0 saturated carbocycles. The fourth-order valence-electron chi connectivity index (χ4n) is 3.45. The lowest BCUT2D eigenvalue weighted by Crippen LogP contribution is -2.13. The molecule has 2 heteroatoms. The van der Waals surface area contributed by atoms with Gasteiger partial charge < -0.3 is 10.6 Å². The minimum Gasteiger partial charge on any atom is -0.385 e. The van der Waals surface area contributed by atoms with Gasteiger partial charge in [-0.2, -0.15) is 0 Å². The zero-order valence-corrected chi connectivity index (χ0v) is 16.4. The molecule has 2 rings (SSSR count). The van der Waals surface area contributed by atoms with Crippen LogP contribution in [-0.4, -0.2) is 13.1 Å². The fourth-order valence-corrected chi connectivity index (χ4v) is 3.45. The zero-order valence-electron chi connectivity index (χ0n) is 16.4. The van der Waals surface area contributed by atoms with E-state index >= 15 is 0 Å². The van der Waals surface area contributed by atoms with Crippen molar-refractivity contribution in [2.45, 2.75) is 59.8 Å². The molecule has 0 aliphatic rings. The first kappa shape index (κ1) is 19.4. The maximum absolute atomic E-state index is 3.69. The molecule has 0 amide bonds. The molecule has 0 aromatic heterocycles. The Morgan fingerprint density at radius 2 is 0.880 bits per heavy atom. The molecule has 0 fully saturated rings. The third-order valence-corrected chi connectivity index (χ3v) is 4.95. The number of anilines is 2. The van der Waals surface area contributed by atoms with Crippen LogP contribution in [0.1, 0.15) is 56.4 Å². The van der Waals surface area contributed by atoms with E-state index in [2.05, 4.69) is 74.7 Å². The van der Waals surface area contributed by atoms with E-state index in [0.717, 1.165) is 45.2 Å². The average Bonchev–Trinajstić information content (AvgIpc) is 2.67. The van der Waals surface area contributed by atoms with Gasteiger partial charge in [-0.05, 0) is 54.4 Å². The van der Waals surface area contributed by atoms with Crippen molar-refractivity contribution in [2.24, 2.45) is 0 Å². The Morgan fingerprint density at radius 3 is 1.16 bits per heavy atom. The summed E-state index contributed by atoms with van der Waals surface area (Å²) in [6.45, 7) is 10.9. The molecule has 2 aromatic carbocycles. The second kappa shape index (κ2) is 10.1. The molecule has 2 N–H and O–H groups in total. The monoisotopic (exact) mass is 338 g/mol. The first-order valence-corrected chi connectivity index (χ1v) is 9.94. The summed E-state index contributed by atoms with van der Waals surface area (Å²) in [7, 11) is 0. The van der Waals surface area contributed by atoms with Crippen molar-refractivity contribution in [3.63, 3.8) is 0 Å². The highest BCUT2D eigenvalue weighted by Crippen LogP contribution is 2.24. The normalized spacial score (nSPS) is 10.7. The SMILES string of the molecule is CCc1cccc(CC)c1NCCCNc1c(CC)cccc1CC. The van der Waals surface area contributed by atoms with E-state index in [1.54, 1.807) is 0 Å². The van der Waals surface area contributed by atoms with Gasteiger partial charge in [0.2, 0.25) is 0 Å². The molecule has 25 heavy (non-hydrogen) atoms. The van der Waals surface area contributed by atoms with Crippen molar-refractivity contribution in [1.82, 2.24) is 0 Å². The van der Waals surface area contributed by atoms with Crippen LogP contribution < -0.4 is 10.6 Å². The van der Waals surface area contributed by atoms with E-state index in [9.17, 15) is 0 Å². The molecule has 0 radical (unpaired) electrons. The number of hydrogen-bond acceptors (Lipinski definition) is 2. The van der Waals surface area contributed by atoms with Crippen LogP contribution >= 0.6 is 0 Å². The Hall–Kier alpha value is -1.96. The number of hydrogen-bond donors (Lipinski definition) is 2. The smallest absolute Gasteiger partial charge is 0.0405 e. The summed E-state index contributed by atoms with van der Waals surface area (Å²) in [4.78, 5) is 0. The minimum atomic E-state index is 1.01. The van der Waals surface area contributed by atoms with E-state index in [4.69, 9.17) is 0 Å². The number of para-hydroxylation sites is 2. The Balaban J connectivity index is 1.91. The maximum atomic E-state index is 3.69. The molecule has 2 nitrogen and oxygen atoms in total. The largest absolute Gasteiger partial charge is 0.385 e. The van der Waals surface area contributed by atoms with Gasteiger partial charge in [-0.1, -0.05) is 64.1 Å². The zero-order chi connectivity index (χ0) is 18.1. The third kappa shape index (κ3) is 5.01. The second-order valence-corrected chi connectivity index (χ2v) is 6.52. The van der Waals surface area contributed by atoms with Crippen molar-refractivity contribution in [3.05, 3.63) is 58.7 Å². The van der Waals surface area contributed by atoms with E-state index in [0.29, 0.717) is 0 Å². The summed E-state index contributed by atoms with van der Waals surface area (Å²) >= 11 is 0. The molecule has 0 unspecified atom stereocenters. The summed E-state index contributed by atoms with van der Waals surface area (Å²) in [5.74, 6) is 0. The van der Waals surface area contributed by atoms with Crippen molar-refractivity contribution in [1.29, 1.82) is 0 Å². The van der Waals surface area contributed by atoms with E-state index in [-0.39, 0.29) is 0 Å². The lowest BCUT2D eigenvalue weighted by Gasteiger charge is -2.17. The molecule has 0 saturated heterocycles. The second-order valence-electron chi connectivity index (χ2n) is 6.52. The van der Waals surface area contributed by atoms with Crippen molar-refractivity contribution in [3.8, 4) is 0 Å². The molecule has 136 valence electrons. The molecule has 0 aliphatic heterocycles. The number of aryl methyl sites for hydroxylation is 4. The lowest BCUT2D eigenvalue weighted by molar-refractivity contribution is 0.896. The highest BCUT2D eigenvalue weighted by molar-refractivity contribution is 5.59. The number of rotatable bonds is 10. The molecule has 0 atom stereocenters. The van der Waals surface area contributed by atoms with Crippen LogP contribution in [0.5, 0.6) is 0 Å². The van der Waals surface area contributed by atoms with Gasteiger partial charge in [-0.3, -0.25) is 0 Å². The molecule has 0 spiro atoms. The average molecular weight is 339 g/mol. The van der Waals surface area contributed by atoms with Gasteiger partial charge >= 0.3 is 0 Å². The molecular formula is C23H34N2. The summed E-state index contributed by atoms with van der Waals surface area (Å²) in [6.07, 6.45) is 5.44. The van der Waals surface area contributed by atoms with Crippen LogP contribution in [-0.2, 0) is 25.7 Å². The van der Waals surface area contributed by atoms with Crippen LogP contribution in [0.4, 0.5) is 11.4 Å². The van der Waals surface area contributed by atoms with Gasteiger partial charge in [0.1, 0.15) is 0 Å². The van der Waals surface area contributed by atoms with Crippen molar-refractivity contribution >= 4 is 11.4 Å². The molecule has 0 aliphatic carbocycles. The topological polar surface area (TPSA) is 24.1 Å². The van der Waals surface area contributed by atoms with Gasteiger partial charge in [0, 0.05) is 24.5 Å². The molecular weight excluding hydrogens is 304 g/mol. The van der Waals surface area contributed by atoms with Crippen molar-refractivity contribution in [2.75, 3.05) is 23.7 Å². The third-order valence-electron chi connectivity index (χ3n) is 4.95. The Morgan fingerprint density at radius 1 is 0.560 bits per heavy atom. The first-order chi connectivity index (χ1) is 12.2. The maximum Gasteiger partial charge on any atom is 0.0405 e. The van der Waals surface area contributed by atoms with Crippen LogP contribution in [0.2, 0.25) is 0 Å². The van der Waals surface area contributed by atoms with Crippen LogP contribution in [0.15, 0.2) is 36.4 Å². The Labute approximate surface area is 154 Å². The molecule has 0 heterocycles. The van der Waals surface area contributed by atoms with E-state index < -0.39 is 0 Å². The standard InChI is InChI=1S/C23H34N2/c1-5-18-12-9-13-19(6-2)22(18)24-16-11-17-25-23-20(7-3)14-10-15-21(23)8-4/h9-10,12-15,24-25H,5-8,11,16-17H2,1-4H3. The van der Waals surface area contributed by atoms with Crippen LogP contribution in [0, 0.1) is 0 Å². The minimum absolute atomic E-state index is 1.01. The Bertz CT molecular complexity index is 559. The quantitative estimate of drug-likeness (QED) is 0.531. The Kier molecular flexibility index (Phi) is 7.84. The molecule has 0 bridgehead atoms. The van der Waals surface area contributed by atoms with Crippen LogP contribution in [0.3, 0.4) is 0 Å². The van der Waals surface area contributed by atoms with Gasteiger partial charge in [-0.25, -0.2) is 0 Å². The predicted octanol–water partition coefficient (Wildman–Crippen LogP) is 5.85. The highest BCUT2D eigenvalue weighted by Gasteiger charge is 2.07. The van der Waals surface area contributed by atoms with Gasteiger partial charge in [0.15, 0.2) is 0 Å². The molecule has 2 aromatic rings. The predicted molar refractivity (Wildman–Crippen MR) is 112 cm³/mol.